The maximum Gasteiger partial charge on any atom is 0.173 e. The van der Waals surface area contributed by atoms with E-state index in [-0.39, 0.29) is 11.8 Å². The van der Waals surface area contributed by atoms with Crippen LogP contribution in [0.2, 0.25) is 0 Å². The van der Waals surface area contributed by atoms with Crippen molar-refractivity contribution >= 4 is 22.7 Å². The van der Waals surface area contributed by atoms with Crippen LogP contribution in [0.1, 0.15) is 25.5 Å². The Balaban J connectivity index is 1.97. The number of benzene rings is 1. The Morgan fingerprint density at radius 1 is 1.39 bits per heavy atom. The molecule has 0 bridgehead atoms. The largest absolute Gasteiger partial charge is 0.492 e. The number of ether oxygens (including phenoxy) is 1. The van der Waals surface area contributed by atoms with Gasteiger partial charge in [-0.3, -0.25) is 4.79 Å². The number of carbonyl (C=O) groups is 1. The Morgan fingerprint density at radius 2 is 2.13 bits per heavy atom. The molecular weight excluding hydrogens is 310 g/mol. The first kappa shape index (κ1) is 15.8. The molecule has 0 aliphatic carbocycles. The van der Waals surface area contributed by atoms with E-state index in [2.05, 4.69) is 4.99 Å². The van der Waals surface area contributed by atoms with Gasteiger partial charge in [0.1, 0.15) is 12.4 Å². The van der Waals surface area contributed by atoms with Crippen LogP contribution < -0.4 is 10.5 Å². The number of rotatable bonds is 5. The second kappa shape index (κ2) is 6.60. The van der Waals surface area contributed by atoms with Gasteiger partial charge in [-0.15, -0.1) is 0 Å². The molecule has 2 aliphatic heterocycles. The van der Waals surface area contributed by atoms with E-state index in [9.17, 15) is 4.79 Å². The molecule has 0 radical (unpaired) electrons. The van der Waals surface area contributed by atoms with Crippen LogP contribution in [-0.4, -0.2) is 29.0 Å². The molecule has 1 aromatic rings. The van der Waals surface area contributed by atoms with Crippen LogP contribution in [-0.2, 0) is 4.79 Å². The van der Waals surface area contributed by atoms with Crippen LogP contribution in [0.5, 0.6) is 5.75 Å². The van der Waals surface area contributed by atoms with Crippen LogP contribution in [0.4, 0.5) is 0 Å². The molecule has 0 saturated heterocycles. The molecule has 2 N–H and O–H groups in total. The van der Waals surface area contributed by atoms with Crippen molar-refractivity contribution in [3.05, 3.63) is 52.7 Å². The quantitative estimate of drug-likeness (QED) is 0.899. The van der Waals surface area contributed by atoms with E-state index in [0.29, 0.717) is 13.2 Å². The smallest absolute Gasteiger partial charge is 0.173 e. The summed E-state index contributed by atoms with van der Waals surface area (Å²) in [6, 6.07) is 7.67. The summed E-state index contributed by atoms with van der Waals surface area (Å²) in [6.45, 7) is 4.46. The standard InChI is InChI=1S/C17H19N3O2S/c1-11-15(12(2)21)16(20-8-10-23-17(20)19-11)13-3-5-14(6-4-13)22-9-7-18/h3-6,8,10,16H,7,9,18H2,1-2H3. The number of allylic oxidation sites excluding steroid dienone is 1. The van der Waals surface area contributed by atoms with Gasteiger partial charge >= 0.3 is 0 Å². The van der Waals surface area contributed by atoms with Gasteiger partial charge < -0.3 is 15.4 Å². The summed E-state index contributed by atoms with van der Waals surface area (Å²) in [4.78, 5) is 18.8. The number of nitrogens with zero attached hydrogens (tertiary/aromatic N) is 2. The number of carbonyl (C=O) groups excluding carboxylic acids is 1. The Bertz CT molecular complexity index is 707. The van der Waals surface area contributed by atoms with Crippen LogP contribution in [0, 0.1) is 0 Å². The lowest BCUT2D eigenvalue weighted by atomic mass is 9.92. The normalized spacial score (nSPS) is 19.7. The third kappa shape index (κ3) is 3.04. The molecule has 2 aliphatic rings. The van der Waals surface area contributed by atoms with Gasteiger partial charge in [0.15, 0.2) is 11.0 Å². The predicted octanol–water partition coefficient (Wildman–Crippen LogP) is 2.82. The highest BCUT2D eigenvalue weighted by Gasteiger charge is 2.35. The average molecular weight is 329 g/mol. The van der Waals surface area contributed by atoms with Gasteiger partial charge in [-0.1, -0.05) is 23.9 Å². The van der Waals surface area contributed by atoms with Crippen LogP contribution >= 0.6 is 11.8 Å². The number of amidine groups is 1. The molecule has 3 rings (SSSR count). The van der Waals surface area contributed by atoms with E-state index >= 15 is 0 Å². The molecule has 0 saturated carbocycles. The summed E-state index contributed by atoms with van der Waals surface area (Å²) in [6.07, 6.45) is 1.97. The molecule has 0 fully saturated rings. The minimum Gasteiger partial charge on any atom is -0.492 e. The summed E-state index contributed by atoms with van der Waals surface area (Å²) < 4.78 is 5.52. The van der Waals surface area contributed by atoms with Crippen molar-refractivity contribution in [1.82, 2.24) is 4.90 Å². The molecule has 1 unspecified atom stereocenters. The first-order chi connectivity index (χ1) is 11.1. The Labute approximate surface area is 139 Å². The Kier molecular flexibility index (Phi) is 4.54. The molecule has 23 heavy (non-hydrogen) atoms. The monoisotopic (exact) mass is 329 g/mol. The van der Waals surface area contributed by atoms with Crippen molar-refractivity contribution in [1.29, 1.82) is 0 Å². The highest BCUT2D eigenvalue weighted by molar-refractivity contribution is 8.16. The van der Waals surface area contributed by atoms with Crippen molar-refractivity contribution in [3.8, 4) is 5.75 Å². The molecule has 120 valence electrons. The summed E-state index contributed by atoms with van der Waals surface area (Å²) in [7, 11) is 0. The van der Waals surface area contributed by atoms with Gasteiger partial charge in [-0.05, 0) is 37.0 Å². The molecule has 0 aromatic heterocycles. The molecule has 6 heteroatoms. The number of thioether (sulfide) groups is 1. The number of ketones is 1. The first-order valence-corrected chi connectivity index (χ1v) is 8.34. The van der Waals surface area contributed by atoms with E-state index in [1.165, 1.54) is 0 Å². The number of hydrogen-bond acceptors (Lipinski definition) is 6. The average Bonchev–Trinajstić information content (AvgIpc) is 2.99. The number of fused-ring (bicyclic) bond motifs is 1. The van der Waals surface area contributed by atoms with Crippen molar-refractivity contribution < 1.29 is 9.53 Å². The minimum absolute atomic E-state index is 0.0454. The number of Topliss-reactive ketones (excluding diaryl/α,β-unsaturated/α-hetero) is 1. The molecule has 0 spiro atoms. The highest BCUT2D eigenvalue weighted by atomic mass is 32.2. The predicted molar refractivity (Wildman–Crippen MR) is 93.1 cm³/mol. The van der Waals surface area contributed by atoms with Crippen molar-refractivity contribution in [2.75, 3.05) is 13.2 Å². The van der Waals surface area contributed by atoms with Crippen LogP contribution in [0.25, 0.3) is 0 Å². The molecular formula is C17H19N3O2S. The molecule has 1 atom stereocenters. The summed E-state index contributed by atoms with van der Waals surface area (Å²) in [5, 5.41) is 2.89. The SMILES string of the molecule is CC(=O)C1=C(C)N=C2SC=CN2C1c1ccc(OCCN)cc1. The fourth-order valence-corrected chi connectivity index (χ4v) is 3.59. The van der Waals surface area contributed by atoms with Crippen molar-refractivity contribution in [3.63, 3.8) is 0 Å². The van der Waals surface area contributed by atoms with Gasteiger partial charge in [0.25, 0.3) is 0 Å². The second-order valence-corrected chi connectivity index (χ2v) is 6.24. The molecule has 1 aromatic carbocycles. The second-order valence-electron chi connectivity index (χ2n) is 5.37. The lowest BCUT2D eigenvalue weighted by Gasteiger charge is -2.33. The summed E-state index contributed by atoms with van der Waals surface area (Å²) in [5.74, 6) is 0.823. The van der Waals surface area contributed by atoms with E-state index in [1.807, 2.05) is 47.7 Å². The van der Waals surface area contributed by atoms with Crippen molar-refractivity contribution in [2.24, 2.45) is 10.7 Å². The van der Waals surface area contributed by atoms with Crippen LogP contribution in [0.15, 0.2) is 52.1 Å². The summed E-state index contributed by atoms with van der Waals surface area (Å²) in [5.41, 5.74) is 8.00. The van der Waals surface area contributed by atoms with Crippen LogP contribution in [0.3, 0.4) is 0 Å². The Morgan fingerprint density at radius 3 is 2.78 bits per heavy atom. The van der Waals surface area contributed by atoms with E-state index in [4.69, 9.17) is 10.5 Å². The van der Waals surface area contributed by atoms with Gasteiger partial charge in [0, 0.05) is 24.0 Å². The van der Waals surface area contributed by atoms with Crippen molar-refractivity contribution in [2.45, 2.75) is 19.9 Å². The molecule has 0 amide bonds. The lowest BCUT2D eigenvalue weighted by Crippen LogP contribution is -2.32. The topological polar surface area (TPSA) is 67.9 Å². The first-order valence-electron chi connectivity index (χ1n) is 7.46. The molecule has 2 heterocycles. The fourth-order valence-electron chi connectivity index (χ4n) is 2.80. The number of nitrogens with two attached hydrogens (primary N) is 1. The van der Waals surface area contributed by atoms with E-state index in [0.717, 1.165) is 27.8 Å². The zero-order valence-corrected chi connectivity index (χ0v) is 14.0. The van der Waals surface area contributed by atoms with Gasteiger partial charge in [0.05, 0.1) is 6.04 Å². The highest BCUT2D eigenvalue weighted by Crippen LogP contribution is 2.41. The number of aliphatic imine (C=N–C) groups is 1. The van der Waals surface area contributed by atoms with Gasteiger partial charge in [-0.2, -0.15) is 0 Å². The maximum atomic E-state index is 12.2. The zero-order valence-electron chi connectivity index (χ0n) is 13.2. The molecule has 5 nitrogen and oxygen atoms in total. The third-order valence-corrected chi connectivity index (χ3v) is 4.55. The van der Waals surface area contributed by atoms with E-state index in [1.54, 1.807) is 18.7 Å². The van der Waals surface area contributed by atoms with Gasteiger partial charge in [-0.25, -0.2) is 4.99 Å². The lowest BCUT2D eigenvalue weighted by molar-refractivity contribution is -0.114. The summed E-state index contributed by atoms with van der Waals surface area (Å²) >= 11 is 1.57. The minimum atomic E-state index is -0.144. The van der Waals surface area contributed by atoms with Gasteiger partial charge in [0.2, 0.25) is 0 Å². The van der Waals surface area contributed by atoms with E-state index < -0.39 is 0 Å². The maximum absolute atomic E-state index is 12.2. The Hall–Kier alpha value is -2.05. The zero-order chi connectivity index (χ0) is 16.4. The third-order valence-electron chi connectivity index (χ3n) is 3.78. The fraction of sp³-hybridized carbons (Fsp3) is 0.294. The number of hydrogen-bond donors (Lipinski definition) is 1.